The van der Waals surface area contributed by atoms with Gasteiger partial charge in [-0.15, -0.1) is 11.3 Å². The van der Waals surface area contributed by atoms with Crippen LogP contribution in [0, 0.1) is 17.2 Å². The monoisotopic (exact) mass is 604 g/mol. The third kappa shape index (κ3) is 5.39. The molecule has 1 aromatic heterocycles. The zero-order chi connectivity index (χ0) is 26.9. The van der Waals surface area contributed by atoms with Crippen molar-refractivity contribution in [1.29, 1.82) is 5.26 Å². The normalized spacial score (nSPS) is 18.4. The van der Waals surface area contributed by atoms with Gasteiger partial charge in [0.25, 0.3) is 0 Å². The topological polar surface area (TPSA) is 104 Å². The molecule has 11 heteroatoms. The number of aromatic nitrogens is 1. The quantitative estimate of drug-likeness (QED) is 0.376. The maximum atomic E-state index is 13.4. The molecule has 0 bridgehead atoms. The minimum Gasteiger partial charge on any atom is -0.485 e. The van der Waals surface area contributed by atoms with E-state index in [1.54, 1.807) is 17.6 Å². The van der Waals surface area contributed by atoms with Gasteiger partial charge in [-0.3, -0.25) is 4.79 Å². The number of nitrogens with zero attached hydrogens (tertiary/aromatic N) is 4. The van der Waals surface area contributed by atoms with Crippen molar-refractivity contribution in [1.82, 2.24) is 9.29 Å². The van der Waals surface area contributed by atoms with Crippen LogP contribution in [0.4, 0.5) is 5.69 Å². The maximum Gasteiger partial charge on any atom is 0.246 e. The van der Waals surface area contributed by atoms with Crippen molar-refractivity contribution >= 4 is 48.8 Å². The van der Waals surface area contributed by atoms with E-state index in [9.17, 15) is 18.5 Å². The standard InChI is InChI=1S/C26H29BrN4O4S2/c1-5-6-17-7-23-21(24(32)8-17)9-18(12-28)16(2)31(23)20-10-22(27)26(35-13-19-14-36-15-29-19)25(11-20)37(33,34)30(3)4/h10-11,14-15,17H,5-9,13H2,1-4H3. The second kappa shape index (κ2) is 11.1. The summed E-state index contributed by atoms with van der Waals surface area (Å²) in [7, 11) is -0.972. The van der Waals surface area contributed by atoms with Crippen molar-refractivity contribution in [3.63, 3.8) is 0 Å². The van der Waals surface area contributed by atoms with Gasteiger partial charge in [-0.25, -0.2) is 17.7 Å². The number of hydrogen-bond acceptors (Lipinski definition) is 8. The Labute approximate surface area is 230 Å². The number of carbonyl (C=O) groups is 1. The molecule has 0 radical (unpaired) electrons. The summed E-state index contributed by atoms with van der Waals surface area (Å²) in [5, 5.41) is 11.7. The van der Waals surface area contributed by atoms with E-state index in [1.165, 1.54) is 25.4 Å². The average Bonchev–Trinajstić information content (AvgIpc) is 3.36. The van der Waals surface area contributed by atoms with Crippen LogP contribution in [0.2, 0.25) is 0 Å². The highest BCUT2D eigenvalue weighted by molar-refractivity contribution is 9.10. The molecule has 1 unspecified atom stereocenters. The summed E-state index contributed by atoms with van der Waals surface area (Å²) in [4.78, 5) is 19.2. The molecule has 0 N–H and O–H groups in total. The smallest absolute Gasteiger partial charge is 0.246 e. The summed E-state index contributed by atoms with van der Waals surface area (Å²) in [5.74, 6) is 0.458. The number of hydrogen-bond donors (Lipinski definition) is 0. The Kier molecular flexibility index (Phi) is 8.23. The summed E-state index contributed by atoms with van der Waals surface area (Å²) in [5.41, 5.74) is 5.63. The van der Waals surface area contributed by atoms with Gasteiger partial charge in [0, 0.05) is 55.0 Å². The number of halogens is 1. The Hall–Kier alpha value is -2.52. The largest absolute Gasteiger partial charge is 0.485 e. The summed E-state index contributed by atoms with van der Waals surface area (Å²) >= 11 is 4.97. The number of ether oxygens (including phenoxy) is 1. The van der Waals surface area contributed by atoms with Crippen LogP contribution < -0.4 is 9.64 Å². The molecule has 0 amide bonds. The molecule has 196 valence electrons. The highest BCUT2D eigenvalue weighted by atomic mass is 79.9. The van der Waals surface area contributed by atoms with Crippen LogP contribution in [0.25, 0.3) is 0 Å². The second-order valence-corrected chi connectivity index (χ2v) is 13.1. The Morgan fingerprint density at radius 3 is 2.70 bits per heavy atom. The molecule has 8 nitrogen and oxygen atoms in total. The van der Waals surface area contributed by atoms with Crippen LogP contribution in [-0.4, -0.2) is 37.6 Å². The molecular weight excluding hydrogens is 576 g/mol. The molecule has 2 aromatic rings. The lowest BCUT2D eigenvalue weighted by Gasteiger charge is -2.39. The third-order valence-electron chi connectivity index (χ3n) is 6.73. The first-order valence-electron chi connectivity index (χ1n) is 12.0. The zero-order valence-corrected chi connectivity index (χ0v) is 24.5. The number of Topliss-reactive ketones (excluding diaryl/α,β-unsaturated/α-hetero) is 1. The van der Waals surface area contributed by atoms with E-state index in [0.29, 0.717) is 52.0 Å². The minimum absolute atomic E-state index is 0.0108. The molecule has 0 spiro atoms. The predicted octanol–water partition coefficient (Wildman–Crippen LogP) is 5.78. The second-order valence-electron chi connectivity index (χ2n) is 9.41. The van der Waals surface area contributed by atoms with E-state index in [-0.39, 0.29) is 29.0 Å². The van der Waals surface area contributed by atoms with Crippen LogP contribution in [0.3, 0.4) is 0 Å². The lowest BCUT2D eigenvalue weighted by molar-refractivity contribution is -0.117. The van der Waals surface area contributed by atoms with Gasteiger partial charge in [0.15, 0.2) is 11.5 Å². The molecule has 0 saturated carbocycles. The first-order valence-corrected chi connectivity index (χ1v) is 15.2. The first kappa shape index (κ1) is 27.5. The average molecular weight is 606 g/mol. The lowest BCUT2D eigenvalue weighted by Crippen LogP contribution is -2.34. The summed E-state index contributed by atoms with van der Waals surface area (Å²) in [6.45, 7) is 4.06. The summed E-state index contributed by atoms with van der Waals surface area (Å²) in [6.07, 6.45) is 3.38. The van der Waals surface area contributed by atoms with Gasteiger partial charge in [0.05, 0.1) is 27.3 Å². The lowest BCUT2D eigenvalue weighted by atomic mass is 9.79. The zero-order valence-electron chi connectivity index (χ0n) is 21.2. The van der Waals surface area contributed by atoms with Crippen molar-refractivity contribution in [3.05, 3.63) is 55.7 Å². The van der Waals surface area contributed by atoms with E-state index in [0.717, 1.165) is 22.8 Å². The molecule has 37 heavy (non-hydrogen) atoms. The van der Waals surface area contributed by atoms with Crippen LogP contribution in [0.5, 0.6) is 5.75 Å². The Morgan fingerprint density at radius 2 is 2.08 bits per heavy atom. The fraction of sp³-hybridized carbons (Fsp3) is 0.423. The van der Waals surface area contributed by atoms with Gasteiger partial charge in [0.1, 0.15) is 11.5 Å². The summed E-state index contributed by atoms with van der Waals surface area (Å²) < 4.78 is 34.4. The highest BCUT2D eigenvalue weighted by Crippen LogP contribution is 2.46. The van der Waals surface area contributed by atoms with Crippen LogP contribution in [0.1, 0.15) is 51.6 Å². The molecule has 1 aliphatic carbocycles. The number of ketones is 1. The number of thiazole rings is 1. The van der Waals surface area contributed by atoms with E-state index < -0.39 is 10.0 Å². The molecule has 1 aromatic carbocycles. The third-order valence-corrected chi connectivity index (χ3v) is 9.77. The number of nitriles is 1. The molecule has 1 aliphatic heterocycles. The summed E-state index contributed by atoms with van der Waals surface area (Å²) in [6, 6.07) is 5.60. The SMILES string of the molecule is CCCC1CC(=O)C2=C(C1)N(c1cc(Br)c(OCc3cscn3)c(S(=O)(=O)N(C)C)c1)C(C)=C(C#N)C2. The Bertz CT molecular complexity index is 1420. The van der Waals surface area contributed by atoms with Crippen molar-refractivity contribution in [2.24, 2.45) is 5.92 Å². The van der Waals surface area contributed by atoms with E-state index >= 15 is 0 Å². The highest BCUT2D eigenvalue weighted by Gasteiger charge is 2.36. The van der Waals surface area contributed by atoms with Crippen molar-refractivity contribution in [3.8, 4) is 11.8 Å². The van der Waals surface area contributed by atoms with Gasteiger partial charge in [0.2, 0.25) is 10.0 Å². The predicted molar refractivity (Wildman–Crippen MR) is 147 cm³/mol. The van der Waals surface area contributed by atoms with E-state index in [1.807, 2.05) is 17.2 Å². The fourth-order valence-electron chi connectivity index (χ4n) is 4.83. The molecule has 1 atom stereocenters. The number of carbonyl (C=O) groups excluding carboxylic acids is 1. The minimum atomic E-state index is -3.91. The molecule has 0 fully saturated rings. The Balaban J connectivity index is 1.88. The van der Waals surface area contributed by atoms with E-state index in [2.05, 4.69) is 33.9 Å². The number of sulfonamides is 1. The first-order chi connectivity index (χ1) is 17.6. The number of allylic oxidation sites excluding steroid dienone is 4. The maximum absolute atomic E-state index is 13.4. The van der Waals surface area contributed by atoms with Gasteiger partial charge in [-0.05, 0) is 53.7 Å². The molecule has 2 heterocycles. The van der Waals surface area contributed by atoms with Crippen LogP contribution in [-0.2, 0) is 21.4 Å². The molecule has 0 saturated heterocycles. The van der Waals surface area contributed by atoms with Gasteiger partial charge < -0.3 is 9.64 Å². The van der Waals surface area contributed by atoms with Crippen LogP contribution in [0.15, 0.2) is 54.9 Å². The van der Waals surface area contributed by atoms with Gasteiger partial charge >= 0.3 is 0 Å². The molecule has 2 aliphatic rings. The van der Waals surface area contributed by atoms with Gasteiger partial charge in [-0.1, -0.05) is 13.3 Å². The van der Waals surface area contributed by atoms with Crippen molar-refractivity contribution < 1.29 is 17.9 Å². The number of anilines is 1. The number of rotatable bonds is 8. The van der Waals surface area contributed by atoms with Crippen molar-refractivity contribution in [2.75, 3.05) is 19.0 Å². The Morgan fingerprint density at radius 1 is 1.32 bits per heavy atom. The molecule has 4 rings (SSSR count). The number of benzene rings is 1. The van der Waals surface area contributed by atoms with E-state index in [4.69, 9.17) is 4.74 Å². The fourth-order valence-corrected chi connectivity index (χ4v) is 7.14. The van der Waals surface area contributed by atoms with Gasteiger partial charge in [-0.2, -0.15) is 5.26 Å². The van der Waals surface area contributed by atoms with Crippen LogP contribution >= 0.6 is 27.3 Å². The van der Waals surface area contributed by atoms with Crippen molar-refractivity contribution in [2.45, 2.75) is 57.5 Å². The molecular formula is C26H29BrN4O4S2.